The molecule has 1 amide bonds. The van der Waals surface area contributed by atoms with E-state index in [0.717, 1.165) is 38.1 Å². The molecule has 0 unspecified atom stereocenters. The molecule has 0 bridgehead atoms. The Morgan fingerprint density at radius 3 is 1.95 bits per heavy atom. The summed E-state index contributed by atoms with van der Waals surface area (Å²) in [6.07, 6.45) is -0.976. The van der Waals surface area contributed by atoms with E-state index in [-0.39, 0.29) is 17.9 Å². The van der Waals surface area contributed by atoms with Gasteiger partial charge in [-0.15, -0.1) is 0 Å². The zero-order valence-corrected chi connectivity index (χ0v) is 20.7. The number of pyridine rings is 2. The number of hydrogen-bond donors (Lipinski definition) is 3. The third kappa shape index (κ3) is 10.8. The molecule has 0 radical (unpaired) electrons. The predicted molar refractivity (Wildman–Crippen MR) is 124 cm³/mol. The van der Waals surface area contributed by atoms with Crippen LogP contribution in [0.5, 0.6) is 0 Å². The lowest BCUT2D eigenvalue weighted by Gasteiger charge is -2.40. The molecule has 2 aliphatic heterocycles. The predicted octanol–water partition coefficient (Wildman–Crippen LogP) is 3.04. The Bertz CT molecular complexity index is 1080. The topological polar surface area (TPSA) is 142 Å². The summed E-state index contributed by atoms with van der Waals surface area (Å²) in [5, 5.41) is 17.3. The van der Waals surface area contributed by atoms with Crippen molar-refractivity contribution >= 4 is 17.8 Å². The highest BCUT2D eigenvalue weighted by molar-refractivity contribution is 5.79. The highest BCUT2D eigenvalue weighted by Gasteiger charge is 2.42. The smallest absolute Gasteiger partial charge is 0.475 e. The van der Waals surface area contributed by atoms with Crippen LogP contribution in [0.15, 0.2) is 49.1 Å². The largest absolute Gasteiger partial charge is 0.490 e. The lowest BCUT2D eigenvalue weighted by molar-refractivity contribution is -0.193. The number of likely N-dealkylation sites (tertiary alicyclic amines) is 1. The third-order valence-electron chi connectivity index (χ3n) is 5.77. The summed E-state index contributed by atoms with van der Waals surface area (Å²) in [5.41, 5.74) is 2.19. The van der Waals surface area contributed by atoms with Crippen molar-refractivity contribution in [3.63, 3.8) is 0 Å². The SMILES string of the molecule is O=C(NCc1cccnc1)[C@H]1C[C@H]2OCC[C@H]2N(Cc2cccnc2)C1.O=C(O)C(F)(F)F.O=C(O)C(F)(F)F. The molecule has 2 saturated heterocycles. The van der Waals surface area contributed by atoms with E-state index in [0.29, 0.717) is 12.6 Å². The molecule has 0 aliphatic carbocycles. The van der Waals surface area contributed by atoms with Gasteiger partial charge in [0.05, 0.1) is 12.0 Å². The monoisotopic (exact) mass is 580 g/mol. The maximum atomic E-state index is 12.7. The fraction of sp³-hybridized carbons (Fsp3) is 0.458. The highest BCUT2D eigenvalue weighted by atomic mass is 19.4. The first-order valence-electron chi connectivity index (χ1n) is 11.7. The number of rotatable bonds is 5. The molecule has 2 fully saturated rings. The maximum Gasteiger partial charge on any atom is 0.490 e. The van der Waals surface area contributed by atoms with Crippen molar-refractivity contribution in [2.24, 2.45) is 5.92 Å². The summed E-state index contributed by atoms with van der Waals surface area (Å²) in [6.45, 7) is 2.87. The molecule has 0 aromatic carbocycles. The quantitative estimate of drug-likeness (QED) is 0.455. The number of carboxylic acid groups (broad SMARTS) is 2. The second-order valence-corrected chi connectivity index (χ2v) is 8.67. The Kier molecular flexibility index (Phi) is 11.8. The first kappa shape index (κ1) is 32.4. The molecule has 2 aromatic rings. The number of carboxylic acids is 2. The molecule has 10 nitrogen and oxygen atoms in total. The van der Waals surface area contributed by atoms with Crippen molar-refractivity contribution in [2.45, 2.75) is 50.4 Å². The van der Waals surface area contributed by atoms with Crippen LogP contribution in [0.2, 0.25) is 0 Å². The molecule has 0 spiro atoms. The van der Waals surface area contributed by atoms with Gasteiger partial charge < -0.3 is 20.3 Å². The number of ether oxygens (including phenoxy) is 1. The van der Waals surface area contributed by atoms with Crippen LogP contribution in [0, 0.1) is 5.92 Å². The van der Waals surface area contributed by atoms with Gasteiger partial charge in [-0.1, -0.05) is 12.1 Å². The van der Waals surface area contributed by atoms with E-state index in [1.165, 1.54) is 5.56 Å². The summed E-state index contributed by atoms with van der Waals surface area (Å²) in [6, 6.07) is 8.30. The number of alkyl halides is 6. The number of carbonyl (C=O) groups is 3. The number of aromatic nitrogens is 2. The number of halogens is 6. The van der Waals surface area contributed by atoms with Gasteiger partial charge in [0.1, 0.15) is 0 Å². The minimum absolute atomic E-state index is 0.0531. The van der Waals surface area contributed by atoms with Gasteiger partial charge in [-0.05, 0) is 36.1 Å². The molecule has 16 heteroatoms. The Morgan fingerprint density at radius 1 is 0.950 bits per heavy atom. The van der Waals surface area contributed by atoms with E-state index < -0.39 is 24.3 Å². The Morgan fingerprint density at radius 2 is 1.48 bits per heavy atom. The summed E-state index contributed by atoms with van der Waals surface area (Å²) in [5.74, 6) is -5.47. The fourth-order valence-electron chi connectivity index (χ4n) is 3.99. The fourth-order valence-corrected chi connectivity index (χ4v) is 3.99. The zero-order chi connectivity index (χ0) is 29.9. The van der Waals surface area contributed by atoms with Crippen molar-refractivity contribution < 1.29 is 55.7 Å². The van der Waals surface area contributed by atoms with Gasteiger partial charge >= 0.3 is 24.3 Å². The summed E-state index contributed by atoms with van der Waals surface area (Å²) in [4.78, 5) is 41.2. The van der Waals surface area contributed by atoms with Crippen LogP contribution in [-0.2, 0) is 32.2 Å². The van der Waals surface area contributed by atoms with Crippen LogP contribution < -0.4 is 5.32 Å². The number of aliphatic carboxylic acids is 2. The molecule has 4 heterocycles. The summed E-state index contributed by atoms with van der Waals surface area (Å²) in [7, 11) is 0. The van der Waals surface area contributed by atoms with Gasteiger partial charge in [0.15, 0.2) is 0 Å². The van der Waals surface area contributed by atoms with Gasteiger partial charge in [-0.3, -0.25) is 19.7 Å². The first-order chi connectivity index (χ1) is 18.7. The van der Waals surface area contributed by atoms with Crippen LogP contribution in [0.25, 0.3) is 0 Å². The van der Waals surface area contributed by atoms with E-state index in [9.17, 15) is 31.1 Å². The summed E-state index contributed by atoms with van der Waals surface area (Å²) < 4.78 is 69.4. The van der Waals surface area contributed by atoms with Crippen LogP contribution in [0.1, 0.15) is 24.0 Å². The van der Waals surface area contributed by atoms with Crippen LogP contribution >= 0.6 is 0 Å². The molecule has 2 aromatic heterocycles. The molecule has 220 valence electrons. The highest BCUT2D eigenvalue weighted by Crippen LogP contribution is 2.32. The first-order valence-corrected chi connectivity index (χ1v) is 11.7. The molecule has 3 N–H and O–H groups in total. The van der Waals surface area contributed by atoms with Crippen molar-refractivity contribution in [1.82, 2.24) is 20.2 Å². The molecule has 3 atom stereocenters. The molecule has 2 aliphatic rings. The van der Waals surface area contributed by atoms with Crippen molar-refractivity contribution in [1.29, 1.82) is 0 Å². The van der Waals surface area contributed by atoms with Crippen molar-refractivity contribution in [3.8, 4) is 0 Å². The number of nitrogens with one attached hydrogen (secondary N) is 1. The van der Waals surface area contributed by atoms with E-state index in [4.69, 9.17) is 24.5 Å². The Labute approximate surface area is 224 Å². The minimum Gasteiger partial charge on any atom is -0.475 e. The molecule has 4 rings (SSSR count). The van der Waals surface area contributed by atoms with Crippen LogP contribution in [0.3, 0.4) is 0 Å². The van der Waals surface area contributed by atoms with Crippen LogP contribution in [-0.4, -0.2) is 80.6 Å². The van der Waals surface area contributed by atoms with Crippen LogP contribution in [0.4, 0.5) is 26.3 Å². The lowest BCUT2D eigenvalue weighted by atomic mass is 9.89. The number of nitrogens with zero attached hydrogens (tertiary/aromatic N) is 3. The number of hydrogen-bond acceptors (Lipinski definition) is 7. The zero-order valence-electron chi connectivity index (χ0n) is 20.7. The van der Waals surface area contributed by atoms with Gasteiger partial charge in [-0.25, -0.2) is 9.59 Å². The molecule has 0 saturated carbocycles. The molecular formula is C24H26F6N4O6. The van der Waals surface area contributed by atoms with E-state index >= 15 is 0 Å². The van der Waals surface area contributed by atoms with E-state index in [1.807, 2.05) is 24.4 Å². The van der Waals surface area contributed by atoms with Gasteiger partial charge in [0.25, 0.3) is 0 Å². The van der Waals surface area contributed by atoms with E-state index in [2.05, 4.69) is 26.3 Å². The van der Waals surface area contributed by atoms with E-state index in [1.54, 1.807) is 18.6 Å². The second kappa shape index (κ2) is 14.6. The second-order valence-electron chi connectivity index (χ2n) is 8.67. The average molecular weight is 580 g/mol. The molecule has 40 heavy (non-hydrogen) atoms. The third-order valence-corrected chi connectivity index (χ3v) is 5.77. The normalized spacial score (nSPS) is 20.6. The average Bonchev–Trinajstić information content (AvgIpc) is 3.37. The molecular weight excluding hydrogens is 554 g/mol. The Balaban J connectivity index is 0.000000333. The van der Waals surface area contributed by atoms with Crippen molar-refractivity contribution in [2.75, 3.05) is 13.2 Å². The number of fused-ring (bicyclic) bond motifs is 1. The number of amides is 1. The van der Waals surface area contributed by atoms with Gasteiger partial charge in [-0.2, -0.15) is 26.3 Å². The standard InChI is InChI=1S/C20H24N4O2.2C2HF3O2/c25-20(23-12-15-3-1-6-21-10-15)17-9-19-18(5-8-26-19)24(14-17)13-16-4-2-7-22-11-16;2*3-2(4,5)1(6)7/h1-4,6-7,10-11,17-19H,5,8-9,12-14H2,(H,23,25);2*(H,6,7)/t17-,18+,19+;;/m0../s1. The number of piperidine rings is 1. The van der Waals surface area contributed by atoms with Gasteiger partial charge in [0.2, 0.25) is 5.91 Å². The lowest BCUT2D eigenvalue weighted by Crippen LogP contribution is -2.52. The van der Waals surface area contributed by atoms with Crippen molar-refractivity contribution in [3.05, 3.63) is 60.2 Å². The Hall–Kier alpha value is -3.79. The summed E-state index contributed by atoms with van der Waals surface area (Å²) >= 11 is 0. The van der Waals surface area contributed by atoms with Gasteiger partial charge in [0, 0.05) is 57.1 Å². The number of carbonyl (C=O) groups excluding carboxylic acids is 1. The minimum atomic E-state index is -5.08. The maximum absolute atomic E-state index is 12.7.